The van der Waals surface area contributed by atoms with E-state index in [0.717, 1.165) is 19.4 Å². The Labute approximate surface area is 153 Å². The molecule has 2 rings (SSSR count). The highest BCUT2D eigenvalue weighted by Crippen LogP contribution is 2.21. The lowest BCUT2D eigenvalue weighted by Crippen LogP contribution is -2.43. The molecule has 0 saturated heterocycles. The first-order valence-corrected chi connectivity index (χ1v) is 7.58. The average molecular weight is 430 g/mol. The van der Waals surface area contributed by atoms with Gasteiger partial charge in [0.1, 0.15) is 0 Å². The lowest BCUT2D eigenvalue weighted by Gasteiger charge is -2.16. The van der Waals surface area contributed by atoms with Gasteiger partial charge in [0.15, 0.2) is 5.96 Å². The molecule has 0 spiro atoms. The SMILES string of the molecule is CCCCNC(=NC)NCCN1C(=O)c2ccccc2C1=O.I. The summed E-state index contributed by atoms with van der Waals surface area (Å²) in [6.45, 7) is 3.77. The van der Waals surface area contributed by atoms with Crippen molar-refractivity contribution in [2.45, 2.75) is 19.8 Å². The van der Waals surface area contributed by atoms with Crippen molar-refractivity contribution in [1.82, 2.24) is 15.5 Å². The number of rotatable bonds is 6. The second-order valence-corrected chi connectivity index (χ2v) is 5.09. The van der Waals surface area contributed by atoms with Crippen LogP contribution < -0.4 is 10.6 Å². The first-order valence-electron chi connectivity index (χ1n) is 7.58. The topological polar surface area (TPSA) is 73.8 Å². The van der Waals surface area contributed by atoms with Gasteiger partial charge in [0.25, 0.3) is 11.8 Å². The number of amides is 2. The maximum atomic E-state index is 12.2. The van der Waals surface area contributed by atoms with Gasteiger partial charge < -0.3 is 10.6 Å². The Kier molecular flexibility index (Phi) is 8.01. The Morgan fingerprint density at radius 2 is 1.65 bits per heavy atom. The molecule has 2 N–H and O–H groups in total. The summed E-state index contributed by atoms with van der Waals surface area (Å²) in [6.07, 6.45) is 2.18. The summed E-state index contributed by atoms with van der Waals surface area (Å²) in [4.78, 5) is 29.8. The number of carbonyl (C=O) groups is 2. The van der Waals surface area contributed by atoms with Crippen LogP contribution in [0.5, 0.6) is 0 Å². The van der Waals surface area contributed by atoms with Gasteiger partial charge in [-0.2, -0.15) is 0 Å². The zero-order valence-corrected chi connectivity index (χ0v) is 15.8. The number of aliphatic imine (C=N–C) groups is 1. The van der Waals surface area contributed by atoms with E-state index < -0.39 is 0 Å². The summed E-state index contributed by atoms with van der Waals surface area (Å²) in [6, 6.07) is 6.92. The molecule has 126 valence electrons. The fraction of sp³-hybridized carbons (Fsp3) is 0.438. The first kappa shape index (κ1) is 19.4. The van der Waals surface area contributed by atoms with Crippen LogP contribution in [0.25, 0.3) is 0 Å². The molecule has 0 saturated carbocycles. The zero-order chi connectivity index (χ0) is 15.9. The van der Waals surface area contributed by atoms with Crippen molar-refractivity contribution in [3.63, 3.8) is 0 Å². The van der Waals surface area contributed by atoms with Crippen LogP contribution in [0.2, 0.25) is 0 Å². The third-order valence-electron chi connectivity index (χ3n) is 3.55. The van der Waals surface area contributed by atoms with Gasteiger partial charge >= 0.3 is 0 Å². The van der Waals surface area contributed by atoms with E-state index in [-0.39, 0.29) is 35.8 Å². The molecule has 0 unspecified atom stereocenters. The van der Waals surface area contributed by atoms with E-state index >= 15 is 0 Å². The van der Waals surface area contributed by atoms with E-state index in [2.05, 4.69) is 22.5 Å². The highest BCUT2D eigenvalue weighted by molar-refractivity contribution is 14.0. The van der Waals surface area contributed by atoms with E-state index in [9.17, 15) is 9.59 Å². The van der Waals surface area contributed by atoms with Crippen molar-refractivity contribution in [3.05, 3.63) is 35.4 Å². The lowest BCUT2D eigenvalue weighted by molar-refractivity contribution is 0.0657. The number of hydrogen-bond donors (Lipinski definition) is 2. The minimum atomic E-state index is -0.226. The molecule has 0 aromatic heterocycles. The number of benzene rings is 1. The van der Waals surface area contributed by atoms with E-state index in [1.54, 1.807) is 31.3 Å². The van der Waals surface area contributed by atoms with Gasteiger partial charge in [-0.05, 0) is 18.6 Å². The smallest absolute Gasteiger partial charge is 0.261 e. The molecule has 1 aromatic rings. The molecule has 0 aliphatic carbocycles. The lowest BCUT2D eigenvalue weighted by atomic mass is 10.1. The number of nitrogens with one attached hydrogen (secondary N) is 2. The van der Waals surface area contributed by atoms with Crippen LogP contribution in [-0.4, -0.2) is 49.4 Å². The summed E-state index contributed by atoms with van der Waals surface area (Å²) in [5.74, 6) is 0.234. The number of imide groups is 1. The summed E-state index contributed by atoms with van der Waals surface area (Å²) >= 11 is 0. The third-order valence-corrected chi connectivity index (χ3v) is 3.55. The molecule has 23 heavy (non-hydrogen) atoms. The Morgan fingerprint density at radius 3 is 2.17 bits per heavy atom. The Balaban J connectivity index is 0.00000264. The highest BCUT2D eigenvalue weighted by Gasteiger charge is 2.34. The first-order chi connectivity index (χ1) is 10.7. The molecule has 0 atom stereocenters. The molecule has 1 aromatic carbocycles. The third kappa shape index (κ3) is 4.66. The Hall–Kier alpha value is -1.64. The predicted octanol–water partition coefficient (Wildman–Crippen LogP) is 1.87. The fourth-order valence-electron chi connectivity index (χ4n) is 2.33. The summed E-state index contributed by atoms with van der Waals surface area (Å²) in [7, 11) is 1.70. The highest BCUT2D eigenvalue weighted by atomic mass is 127. The molecule has 7 heteroatoms. The predicted molar refractivity (Wildman–Crippen MR) is 101 cm³/mol. The summed E-state index contributed by atoms with van der Waals surface area (Å²) in [5, 5.41) is 6.30. The monoisotopic (exact) mass is 430 g/mol. The van der Waals surface area contributed by atoms with Crippen molar-refractivity contribution < 1.29 is 9.59 Å². The van der Waals surface area contributed by atoms with Gasteiger partial charge in [0, 0.05) is 26.7 Å². The second-order valence-electron chi connectivity index (χ2n) is 5.09. The van der Waals surface area contributed by atoms with Crippen molar-refractivity contribution in [2.24, 2.45) is 4.99 Å². The minimum Gasteiger partial charge on any atom is -0.356 e. The van der Waals surface area contributed by atoms with Crippen LogP contribution in [0.3, 0.4) is 0 Å². The van der Waals surface area contributed by atoms with E-state index in [1.165, 1.54) is 4.90 Å². The zero-order valence-electron chi connectivity index (χ0n) is 13.5. The van der Waals surface area contributed by atoms with Crippen LogP contribution in [0, 0.1) is 0 Å². The van der Waals surface area contributed by atoms with Crippen molar-refractivity contribution in [3.8, 4) is 0 Å². The molecule has 0 radical (unpaired) electrons. The van der Waals surface area contributed by atoms with Crippen LogP contribution >= 0.6 is 24.0 Å². The molecule has 2 amide bonds. The molecule has 0 fully saturated rings. The summed E-state index contributed by atoms with van der Waals surface area (Å²) < 4.78 is 0. The quantitative estimate of drug-likeness (QED) is 0.238. The van der Waals surface area contributed by atoms with E-state index in [1.807, 2.05) is 0 Å². The maximum Gasteiger partial charge on any atom is 0.261 e. The van der Waals surface area contributed by atoms with Crippen molar-refractivity contribution in [1.29, 1.82) is 0 Å². The van der Waals surface area contributed by atoms with Crippen LogP contribution in [0.1, 0.15) is 40.5 Å². The van der Waals surface area contributed by atoms with Crippen LogP contribution in [0.4, 0.5) is 0 Å². The van der Waals surface area contributed by atoms with Crippen molar-refractivity contribution in [2.75, 3.05) is 26.7 Å². The largest absolute Gasteiger partial charge is 0.356 e. The molecular formula is C16H23IN4O2. The standard InChI is InChI=1S/C16H22N4O2.HI/c1-3-4-9-18-16(17-2)19-10-11-20-14(21)12-7-5-6-8-13(12)15(20)22;/h5-8H,3-4,9-11H2,1-2H3,(H2,17,18,19);1H. The number of hydrogen-bond acceptors (Lipinski definition) is 3. The Bertz CT molecular complexity index is 554. The van der Waals surface area contributed by atoms with Gasteiger partial charge in [-0.3, -0.25) is 19.5 Å². The molecule has 1 aliphatic heterocycles. The molecule has 0 bridgehead atoms. The van der Waals surface area contributed by atoms with Gasteiger partial charge in [-0.1, -0.05) is 25.5 Å². The fourth-order valence-corrected chi connectivity index (χ4v) is 2.33. The van der Waals surface area contributed by atoms with Gasteiger partial charge in [0.05, 0.1) is 11.1 Å². The van der Waals surface area contributed by atoms with Crippen LogP contribution in [0.15, 0.2) is 29.3 Å². The minimum absolute atomic E-state index is 0. The number of unbranched alkanes of at least 4 members (excludes halogenated alkanes) is 1. The van der Waals surface area contributed by atoms with Gasteiger partial charge in [-0.25, -0.2) is 0 Å². The second kappa shape index (κ2) is 9.49. The van der Waals surface area contributed by atoms with E-state index in [4.69, 9.17) is 0 Å². The van der Waals surface area contributed by atoms with Gasteiger partial charge in [0.2, 0.25) is 0 Å². The number of halogens is 1. The van der Waals surface area contributed by atoms with Crippen LogP contribution in [-0.2, 0) is 0 Å². The van der Waals surface area contributed by atoms with E-state index in [0.29, 0.717) is 30.2 Å². The molecule has 1 aliphatic rings. The maximum absolute atomic E-state index is 12.2. The number of nitrogens with zero attached hydrogens (tertiary/aromatic N) is 2. The summed E-state index contributed by atoms with van der Waals surface area (Å²) in [5.41, 5.74) is 0.968. The van der Waals surface area contributed by atoms with Gasteiger partial charge in [-0.15, -0.1) is 24.0 Å². The number of fused-ring (bicyclic) bond motifs is 1. The normalized spacial score (nSPS) is 13.7. The molecule has 1 heterocycles. The Morgan fingerprint density at radius 1 is 1.09 bits per heavy atom. The van der Waals surface area contributed by atoms with Crippen molar-refractivity contribution >= 4 is 41.8 Å². The molecule has 6 nitrogen and oxygen atoms in total. The average Bonchev–Trinajstić information content (AvgIpc) is 2.78. The number of guanidine groups is 1. The number of carbonyl (C=O) groups excluding carboxylic acids is 2. The molecular weight excluding hydrogens is 407 g/mol.